The van der Waals surface area contributed by atoms with Crippen LogP contribution >= 0.6 is 0 Å². The van der Waals surface area contributed by atoms with E-state index in [1.165, 1.54) is 19.2 Å². The minimum atomic E-state index is -4.45. The van der Waals surface area contributed by atoms with E-state index in [9.17, 15) is 27.6 Å². The third kappa shape index (κ3) is 7.65. The molecule has 0 saturated carbocycles. The van der Waals surface area contributed by atoms with E-state index in [-0.39, 0.29) is 24.5 Å². The maximum atomic E-state index is 12.9. The standard InChI is InChI=1S/C26H29F3N2O4/c1-35-25(34)21-11-9-19(10-12-21)6-3-15-31-24(33)8-4-14-30(31)16-13-23(32)18-20-5-2-7-22(17-20)26(27,28)29/h2,5,7,9-12,17H,3-4,6,8,13-16,18H2,1H3. The lowest BCUT2D eigenvalue weighted by Gasteiger charge is -2.38. The number of halogens is 3. The summed E-state index contributed by atoms with van der Waals surface area (Å²) >= 11 is 0. The molecule has 1 fully saturated rings. The molecule has 35 heavy (non-hydrogen) atoms. The van der Waals surface area contributed by atoms with E-state index in [0.29, 0.717) is 56.4 Å². The van der Waals surface area contributed by atoms with Gasteiger partial charge in [0.25, 0.3) is 0 Å². The zero-order valence-electron chi connectivity index (χ0n) is 19.6. The number of methoxy groups -OCH3 is 1. The lowest BCUT2D eigenvalue weighted by Crippen LogP contribution is -2.51. The van der Waals surface area contributed by atoms with Crippen molar-refractivity contribution in [2.45, 2.75) is 44.7 Å². The van der Waals surface area contributed by atoms with Crippen LogP contribution in [0.5, 0.6) is 0 Å². The van der Waals surface area contributed by atoms with Gasteiger partial charge in [0.1, 0.15) is 5.78 Å². The maximum Gasteiger partial charge on any atom is 0.416 e. The number of ether oxygens (including phenoxy) is 1. The SMILES string of the molecule is COC(=O)c1ccc(CCCN2C(=O)CCCN2CCC(=O)Cc2cccc(C(F)(F)F)c2)cc1. The number of rotatable bonds is 10. The fourth-order valence-electron chi connectivity index (χ4n) is 4.10. The molecule has 1 amide bonds. The molecule has 1 heterocycles. The Balaban J connectivity index is 1.50. The monoisotopic (exact) mass is 490 g/mol. The van der Waals surface area contributed by atoms with Crippen LogP contribution < -0.4 is 0 Å². The summed E-state index contributed by atoms with van der Waals surface area (Å²) in [5.41, 5.74) is 1.07. The van der Waals surface area contributed by atoms with Crippen molar-refractivity contribution in [2.24, 2.45) is 0 Å². The number of esters is 1. The molecule has 1 aliphatic heterocycles. The van der Waals surface area contributed by atoms with E-state index in [1.54, 1.807) is 17.1 Å². The van der Waals surface area contributed by atoms with Crippen molar-refractivity contribution in [3.8, 4) is 0 Å². The number of hydrogen-bond acceptors (Lipinski definition) is 5. The predicted octanol–water partition coefficient (Wildman–Crippen LogP) is 4.47. The molecule has 2 aromatic carbocycles. The summed E-state index contributed by atoms with van der Waals surface area (Å²) in [4.78, 5) is 36.5. The minimum Gasteiger partial charge on any atom is -0.465 e. The van der Waals surface area contributed by atoms with Crippen LogP contribution in [0, 0.1) is 0 Å². The number of carbonyl (C=O) groups excluding carboxylic acids is 3. The average molecular weight is 491 g/mol. The highest BCUT2D eigenvalue weighted by molar-refractivity contribution is 5.89. The van der Waals surface area contributed by atoms with Crippen molar-refractivity contribution in [3.05, 3.63) is 70.8 Å². The second-order valence-corrected chi connectivity index (χ2v) is 8.53. The maximum absolute atomic E-state index is 12.9. The molecule has 0 aliphatic carbocycles. The summed E-state index contributed by atoms with van der Waals surface area (Å²) in [6.45, 7) is 1.49. The van der Waals surface area contributed by atoms with Crippen LogP contribution in [0.25, 0.3) is 0 Å². The molecular formula is C26H29F3N2O4. The van der Waals surface area contributed by atoms with Gasteiger partial charge in [0.2, 0.25) is 5.91 Å². The van der Waals surface area contributed by atoms with Crippen LogP contribution in [-0.4, -0.2) is 54.4 Å². The fourth-order valence-corrected chi connectivity index (χ4v) is 4.10. The Hall–Kier alpha value is -3.20. The summed E-state index contributed by atoms with van der Waals surface area (Å²) in [6.07, 6.45) is -1.81. The first-order chi connectivity index (χ1) is 16.7. The van der Waals surface area contributed by atoms with Crippen molar-refractivity contribution in [2.75, 3.05) is 26.7 Å². The largest absolute Gasteiger partial charge is 0.465 e. The lowest BCUT2D eigenvalue weighted by molar-refractivity contribution is -0.156. The Morgan fingerprint density at radius 3 is 2.46 bits per heavy atom. The molecular weight excluding hydrogens is 461 g/mol. The second kappa shape index (κ2) is 12.0. The molecule has 2 aromatic rings. The molecule has 1 saturated heterocycles. The smallest absolute Gasteiger partial charge is 0.416 e. The number of hydrogen-bond donors (Lipinski definition) is 0. The number of alkyl halides is 3. The second-order valence-electron chi connectivity index (χ2n) is 8.53. The fraction of sp³-hybridized carbons (Fsp3) is 0.423. The van der Waals surface area contributed by atoms with Crippen LogP contribution in [0.2, 0.25) is 0 Å². The van der Waals surface area contributed by atoms with Crippen molar-refractivity contribution in [1.82, 2.24) is 10.0 Å². The van der Waals surface area contributed by atoms with Crippen molar-refractivity contribution >= 4 is 17.7 Å². The van der Waals surface area contributed by atoms with Crippen LogP contribution in [-0.2, 0) is 33.3 Å². The molecule has 6 nitrogen and oxygen atoms in total. The van der Waals surface area contributed by atoms with Crippen LogP contribution in [0.1, 0.15) is 52.7 Å². The normalized spacial score (nSPS) is 14.7. The summed E-state index contributed by atoms with van der Waals surface area (Å²) in [5, 5.41) is 3.56. The molecule has 9 heteroatoms. The number of carbonyl (C=O) groups is 3. The summed E-state index contributed by atoms with van der Waals surface area (Å²) in [6, 6.07) is 11.9. The van der Waals surface area contributed by atoms with E-state index in [1.807, 2.05) is 17.1 Å². The number of ketones is 1. The first kappa shape index (κ1) is 26.4. The highest BCUT2D eigenvalue weighted by Gasteiger charge is 2.30. The molecule has 0 bridgehead atoms. The molecule has 0 radical (unpaired) electrons. The van der Waals surface area contributed by atoms with Gasteiger partial charge < -0.3 is 4.74 Å². The van der Waals surface area contributed by atoms with E-state index < -0.39 is 17.7 Å². The van der Waals surface area contributed by atoms with E-state index in [0.717, 1.165) is 17.7 Å². The number of nitrogens with zero attached hydrogens (tertiary/aromatic N) is 2. The van der Waals surface area contributed by atoms with Crippen molar-refractivity contribution in [3.63, 3.8) is 0 Å². The van der Waals surface area contributed by atoms with Crippen LogP contribution in [0.4, 0.5) is 13.2 Å². The van der Waals surface area contributed by atoms with Gasteiger partial charge in [0.15, 0.2) is 0 Å². The molecule has 0 unspecified atom stereocenters. The Labute approximate surface area is 202 Å². The quantitative estimate of drug-likeness (QED) is 0.460. The summed E-state index contributed by atoms with van der Waals surface area (Å²) < 4.78 is 43.4. The number of hydrazine groups is 1. The number of amides is 1. The highest BCUT2D eigenvalue weighted by atomic mass is 19.4. The molecule has 0 spiro atoms. The zero-order chi connectivity index (χ0) is 25.4. The van der Waals surface area contributed by atoms with Crippen molar-refractivity contribution < 1.29 is 32.3 Å². The number of benzene rings is 2. The Bertz CT molecular complexity index is 1040. The first-order valence-corrected chi connectivity index (χ1v) is 11.6. The number of Topliss-reactive ketones (excluding diaryl/α,β-unsaturated/α-hetero) is 1. The summed E-state index contributed by atoms with van der Waals surface area (Å²) in [7, 11) is 1.33. The molecule has 0 atom stereocenters. The molecule has 1 aliphatic rings. The summed E-state index contributed by atoms with van der Waals surface area (Å²) in [5.74, 6) is -0.565. The van der Waals surface area contributed by atoms with Gasteiger partial charge in [-0.25, -0.2) is 9.80 Å². The first-order valence-electron chi connectivity index (χ1n) is 11.6. The van der Waals surface area contributed by atoms with Gasteiger partial charge >= 0.3 is 12.1 Å². The van der Waals surface area contributed by atoms with E-state index in [2.05, 4.69) is 0 Å². The lowest BCUT2D eigenvalue weighted by atomic mass is 10.0. The van der Waals surface area contributed by atoms with Gasteiger partial charge in [-0.3, -0.25) is 14.6 Å². The van der Waals surface area contributed by atoms with Gasteiger partial charge in [-0.2, -0.15) is 13.2 Å². The Morgan fingerprint density at radius 1 is 1.03 bits per heavy atom. The highest BCUT2D eigenvalue weighted by Crippen LogP contribution is 2.29. The zero-order valence-corrected chi connectivity index (χ0v) is 19.6. The Morgan fingerprint density at radius 2 is 1.77 bits per heavy atom. The molecule has 0 aromatic heterocycles. The minimum absolute atomic E-state index is 0.00242. The van der Waals surface area contributed by atoms with Crippen LogP contribution in [0.15, 0.2) is 48.5 Å². The van der Waals surface area contributed by atoms with E-state index >= 15 is 0 Å². The molecule has 0 N–H and O–H groups in total. The molecule has 3 rings (SSSR count). The van der Waals surface area contributed by atoms with Crippen LogP contribution in [0.3, 0.4) is 0 Å². The average Bonchev–Trinajstić information content (AvgIpc) is 2.83. The van der Waals surface area contributed by atoms with E-state index in [4.69, 9.17) is 4.74 Å². The number of aryl methyl sites for hydroxylation is 1. The van der Waals surface area contributed by atoms with Crippen molar-refractivity contribution in [1.29, 1.82) is 0 Å². The van der Waals surface area contributed by atoms with Gasteiger partial charge in [0, 0.05) is 38.9 Å². The third-order valence-electron chi connectivity index (χ3n) is 5.95. The Kier molecular flexibility index (Phi) is 9.03. The topological polar surface area (TPSA) is 66.9 Å². The molecule has 188 valence electrons. The van der Waals surface area contributed by atoms with Gasteiger partial charge in [-0.1, -0.05) is 30.3 Å². The van der Waals surface area contributed by atoms with Gasteiger partial charge in [-0.05, 0) is 48.6 Å². The van der Waals surface area contributed by atoms with Gasteiger partial charge in [-0.15, -0.1) is 0 Å². The third-order valence-corrected chi connectivity index (χ3v) is 5.95. The predicted molar refractivity (Wildman–Crippen MR) is 123 cm³/mol. The van der Waals surface area contributed by atoms with Gasteiger partial charge in [0.05, 0.1) is 18.2 Å².